The minimum Gasteiger partial charge on any atom is -0.515 e. The van der Waals surface area contributed by atoms with Gasteiger partial charge < -0.3 is 67.8 Å². The zero-order valence-electron chi connectivity index (χ0n) is 20.2. The highest BCUT2D eigenvalue weighted by Gasteiger charge is 2.48. The maximum absolute atomic E-state index is 11.2. The highest BCUT2D eigenvalue weighted by atomic mass is 16.7. The Hall–Kier alpha value is -1.36. The van der Waals surface area contributed by atoms with Gasteiger partial charge in [0.15, 0.2) is 6.29 Å². The van der Waals surface area contributed by atoms with E-state index in [1.54, 1.807) is 7.05 Å². The molecular weight excluding hydrogens is 460 g/mol. The number of rotatable bonds is 10. The summed E-state index contributed by atoms with van der Waals surface area (Å²) in [7, 11) is 1.65. The van der Waals surface area contributed by atoms with Gasteiger partial charge in [-0.15, -0.1) is 0 Å². The van der Waals surface area contributed by atoms with Crippen molar-refractivity contribution in [3.05, 3.63) is 23.7 Å². The monoisotopic (exact) mass is 502 g/mol. The van der Waals surface area contributed by atoms with Crippen molar-refractivity contribution in [1.82, 2.24) is 10.6 Å². The highest BCUT2D eigenvalue weighted by Crippen LogP contribution is 2.30. The third-order valence-corrected chi connectivity index (χ3v) is 6.74. The fourth-order valence-electron chi connectivity index (χ4n) is 4.76. The van der Waals surface area contributed by atoms with E-state index in [4.69, 9.17) is 41.9 Å². The van der Waals surface area contributed by atoms with Gasteiger partial charge in [0.25, 0.3) is 0 Å². The Morgan fingerprint density at radius 1 is 1.11 bits per heavy atom. The Morgan fingerprint density at radius 3 is 2.40 bits per heavy atom. The Bertz CT molecular complexity index is 728. The molecule has 0 aromatic heterocycles. The van der Waals surface area contributed by atoms with Crippen molar-refractivity contribution in [3.63, 3.8) is 0 Å². The van der Waals surface area contributed by atoms with Crippen LogP contribution < -0.4 is 33.6 Å². The normalized spacial score (nSPS) is 41.5. The first-order chi connectivity index (χ1) is 16.8. The molecule has 0 spiro atoms. The molecule has 0 amide bonds. The molecule has 13 N–H and O–H groups in total. The molecule has 202 valence electrons. The van der Waals surface area contributed by atoms with Crippen LogP contribution in [0.5, 0.6) is 0 Å². The lowest BCUT2D eigenvalue weighted by atomic mass is 9.84. The van der Waals surface area contributed by atoms with E-state index in [1.165, 1.54) is 0 Å². The number of likely N-dealkylation sites (N-methyl/N-ethyl adjacent to an activating group) is 1. The van der Waals surface area contributed by atoms with Crippen molar-refractivity contribution in [1.29, 1.82) is 0 Å². The van der Waals surface area contributed by atoms with Crippen LogP contribution in [0.2, 0.25) is 0 Å². The van der Waals surface area contributed by atoms with Gasteiger partial charge in [-0.05, 0) is 45.5 Å². The molecule has 0 aromatic carbocycles. The third kappa shape index (κ3) is 6.70. The summed E-state index contributed by atoms with van der Waals surface area (Å²) in [4.78, 5) is 0. The van der Waals surface area contributed by atoms with E-state index in [2.05, 4.69) is 10.6 Å². The summed E-state index contributed by atoms with van der Waals surface area (Å²) in [6.45, 7) is 1.50. The second-order valence-corrected chi connectivity index (χ2v) is 9.20. The molecule has 13 heteroatoms. The van der Waals surface area contributed by atoms with Gasteiger partial charge >= 0.3 is 0 Å². The Kier molecular flexibility index (Phi) is 10.7. The molecule has 0 bridgehead atoms. The van der Waals surface area contributed by atoms with Crippen molar-refractivity contribution in [3.8, 4) is 0 Å². The van der Waals surface area contributed by atoms with Gasteiger partial charge in [-0.25, -0.2) is 0 Å². The molecule has 35 heavy (non-hydrogen) atoms. The maximum Gasteiger partial charge on any atom is 0.215 e. The van der Waals surface area contributed by atoms with E-state index in [0.717, 1.165) is 12.7 Å². The van der Waals surface area contributed by atoms with Crippen LogP contribution in [0.1, 0.15) is 19.3 Å². The van der Waals surface area contributed by atoms with E-state index >= 15 is 0 Å². The smallest absolute Gasteiger partial charge is 0.215 e. The van der Waals surface area contributed by atoms with Crippen LogP contribution in [-0.4, -0.2) is 110 Å². The van der Waals surface area contributed by atoms with E-state index in [9.17, 15) is 15.3 Å². The summed E-state index contributed by atoms with van der Waals surface area (Å²) in [5, 5.41) is 37.6. The molecule has 2 aliphatic heterocycles. The van der Waals surface area contributed by atoms with Crippen LogP contribution in [0, 0.1) is 0 Å². The topological polar surface area (TPSA) is 226 Å². The first kappa shape index (κ1) is 28.2. The molecule has 13 nitrogen and oxygen atoms in total. The van der Waals surface area contributed by atoms with E-state index in [-0.39, 0.29) is 19.2 Å². The number of nitrogens with one attached hydrogen (secondary N) is 2. The predicted octanol–water partition coefficient (Wildman–Crippen LogP) is -3.18. The van der Waals surface area contributed by atoms with Gasteiger partial charge in [0.2, 0.25) is 6.29 Å². The highest BCUT2D eigenvalue weighted by molar-refractivity contribution is 5.14. The lowest BCUT2D eigenvalue weighted by Gasteiger charge is -2.46. The van der Waals surface area contributed by atoms with Crippen LogP contribution in [0.4, 0.5) is 0 Å². The van der Waals surface area contributed by atoms with Crippen LogP contribution >= 0.6 is 0 Å². The molecule has 1 unspecified atom stereocenters. The van der Waals surface area contributed by atoms with Crippen LogP contribution in [0.25, 0.3) is 0 Å². The molecule has 1 aliphatic carbocycles. The van der Waals surface area contributed by atoms with Crippen LogP contribution in [-0.2, 0) is 18.9 Å². The molecule has 1 saturated carbocycles. The first-order valence-corrected chi connectivity index (χ1v) is 12.1. The Labute approximate surface area is 205 Å². The number of aliphatic hydroxyl groups excluding tert-OH is 3. The zero-order chi connectivity index (χ0) is 25.5. The SMILES string of the molecule is CN[C@H]1/C(=C\O)CO[C@H](O[C@H]2[C@H](N)C[C@H](N)C(O[C@H]3OC(CN)=CC[C@H]3NCCCN)[C@@H]2O)[C@@H]1O. The van der Waals surface area contributed by atoms with Crippen molar-refractivity contribution in [2.24, 2.45) is 22.9 Å². The van der Waals surface area contributed by atoms with Crippen molar-refractivity contribution in [2.45, 2.75) is 80.4 Å². The molecule has 3 aliphatic rings. The first-order valence-electron chi connectivity index (χ1n) is 12.1. The lowest BCUT2D eigenvalue weighted by Crippen LogP contribution is -2.66. The average molecular weight is 503 g/mol. The summed E-state index contributed by atoms with van der Waals surface area (Å²) < 4.78 is 23.7. The van der Waals surface area contributed by atoms with Gasteiger partial charge in [-0.1, -0.05) is 0 Å². The van der Waals surface area contributed by atoms with Crippen LogP contribution in [0.15, 0.2) is 23.7 Å². The largest absolute Gasteiger partial charge is 0.515 e. The fraction of sp³-hybridized carbons (Fsp3) is 0.818. The number of hydrogen-bond donors (Lipinski definition) is 9. The standard InChI is InChI=1S/C22H42N6O7/c1-27-16-11(9-29)10-32-22(17(16)30)35-20-14(26)7-13(25)19(18(20)31)34-21-15(28-6-2-5-23)4-3-12(8-24)33-21/h3,9,13-22,27-31H,2,4-8,10,23-26H2,1H3/b11-9-/t13-,14+,15+,16-,17+,18-,19?,20-,21+,22+/m0/s1. The second-order valence-electron chi connectivity index (χ2n) is 9.20. The minimum atomic E-state index is -1.21. The molecule has 10 atom stereocenters. The molecule has 1 saturated heterocycles. The third-order valence-electron chi connectivity index (χ3n) is 6.74. The number of nitrogens with two attached hydrogens (primary N) is 4. The number of ether oxygens (including phenoxy) is 4. The van der Waals surface area contributed by atoms with Crippen molar-refractivity contribution >= 4 is 0 Å². The van der Waals surface area contributed by atoms with Gasteiger partial charge in [-0.2, -0.15) is 0 Å². The van der Waals surface area contributed by atoms with Gasteiger partial charge in [0.05, 0.1) is 31.5 Å². The predicted molar refractivity (Wildman–Crippen MR) is 128 cm³/mol. The zero-order valence-corrected chi connectivity index (χ0v) is 20.2. The summed E-state index contributed by atoms with van der Waals surface area (Å²) in [5.74, 6) is 0.597. The number of aliphatic hydroxyl groups is 3. The maximum atomic E-state index is 11.2. The van der Waals surface area contributed by atoms with Crippen molar-refractivity contribution in [2.75, 3.05) is 33.3 Å². The molecular formula is C22H42N6O7. The Morgan fingerprint density at radius 2 is 1.80 bits per heavy atom. The van der Waals surface area contributed by atoms with Gasteiger partial charge in [0, 0.05) is 17.7 Å². The summed E-state index contributed by atoms with van der Waals surface area (Å²) in [6.07, 6.45) is -1.41. The average Bonchev–Trinajstić information content (AvgIpc) is 2.85. The summed E-state index contributed by atoms with van der Waals surface area (Å²) in [5.41, 5.74) is 24.5. The quantitative estimate of drug-likeness (QED) is 0.106. The molecule has 3 rings (SSSR count). The lowest BCUT2D eigenvalue weighted by molar-refractivity contribution is -0.274. The molecule has 0 aromatic rings. The number of hydrogen-bond acceptors (Lipinski definition) is 13. The van der Waals surface area contributed by atoms with E-state index in [1.807, 2.05) is 6.08 Å². The second kappa shape index (κ2) is 13.3. The Balaban J connectivity index is 1.70. The fourth-order valence-corrected chi connectivity index (χ4v) is 4.76. The van der Waals surface area contributed by atoms with Gasteiger partial charge in [-0.3, -0.25) is 0 Å². The minimum absolute atomic E-state index is 0.0431. The summed E-state index contributed by atoms with van der Waals surface area (Å²) in [6, 6.07) is -1.97. The summed E-state index contributed by atoms with van der Waals surface area (Å²) >= 11 is 0. The van der Waals surface area contributed by atoms with Crippen molar-refractivity contribution < 1.29 is 34.3 Å². The molecule has 0 radical (unpaired) electrons. The van der Waals surface area contributed by atoms with E-state index < -0.39 is 55.1 Å². The van der Waals surface area contributed by atoms with Gasteiger partial charge in [0.1, 0.15) is 30.2 Å². The molecule has 2 fully saturated rings. The van der Waals surface area contributed by atoms with Crippen LogP contribution in [0.3, 0.4) is 0 Å². The molecule has 2 heterocycles. The van der Waals surface area contributed by atoms with E-state index in [0.29, 0.717) is 37.3 Å².